The summed E-state index contributed by atoms with van der Waals surface area (Å²) in [7, 11) is -2.84. The molecule has 0 spiro atoms. The van der Waals surface area contributed by atoms with Gasteiger partial charge in [0.05, 0.1) is 24.9 Å². The van der Waals surface area contributed by atoms with Crippen molar-refractivity contribution in [3.05, 3.63) is 66.5 Å². The maximum absolute atomic E-state index is 14.3. The van der Waals surface area contributed by atoms with Gasteiger partial charge in [-0.1, -0.05) is 81.4 Å². The van der Waals surface area contributed by atoms with E-state index in [0.29, 0.717) is 45.2 Å². The van der Waals surface area contributed by atoms with Crippen molar-refractivity contribution in [2.75, 3.05) is 50.9 Å². The zero-order valence-corrected chi connectivity index (χ0v) is 26.8. The first-order valence-corrected chi connectivity index (χ1v) is 17.4. The molecule has 3 aliphatic heterocycles. The van der Waals surface area contributed by atoms with Crippen molar-refractivity contribution in [3.8, 4) is 12.1 Å². The van der Waals surface area contributed by atoms with Gasteiger partial charge in [0, 0.05) is 26.1 Å². The first-order chi connectivity index (χ1) is 21.2. The molecular weight excluding hydrogens is 575 g/mol. The molecule has 232 valence electrons. The Balaban J connectivity index is 1.28. The molecule has 6 rings (SSSR count). The van der Waals surface area contributed by atoms with Gasteiger partial charge in [-0.25, -0.2) is 4.39 Å². The first kappa shape index (κ1) is 30.6. The summed E-state index contributed by atoms with van der Waals surface area (Å²) in [5, 5.41) is 12.0. The number of ether oxygens (including phenoxy) is 2. The Bertz CT molecular complexity index is 1430. The van der Waals surface area contributed by atoms with Crippen LogP contribution in [0.15, 0.2) is 60.7 Å². The van der Waals surface area contributed by atoms with Gasteiger partial charge in [0.2, 0.25) is 11.8 Å². The predicted molar refractivity (Wildman–Crippen MR) is 169 cm³/mol. The van der Waals surface area contributed by atoms with Gasteiger partial charge < -0.3 is 18.8 Å². The third kappa shape index (κ3) is 5.96. The molecule has 1 aromatic heterocycles. The maximum Gasteiger partial charge on any atom is 0.322 e. The largest absolute Gasteiger partial charge is 0.461 e. The molecular formula is C33H41FN6O3Si. The van der Waals surface area contributed by atoms with Crippen molar-refractivity contribution in [2.24, 2.45) is 0 Å². The summed E-state index contributed by atoms with van der Waals surface area (Å²) in [5.41, 5.74) is -0.343. The van der Waals surface area contributed by atoms with E-state index in [0.717, 1.165) is 19.4 Å². The van der Waals surface area contributed by atoms with Gasteiger partial charge >= 0.3 is 6.01 Å². The lowest BCUT2D eigenvalue weighted by Crippen LogP contribution is -2.68. The van der Waals surface area contributed by atoms with E-state index in [1.54, 1.807) is 0 Å². The maximum atomic E-state index is 14.3. The Labute approximate surface area is 260 Å². The van der Waals surface area contributed by atoms with Crippen LogP contribution < -0.4 is 20.0 Å². The first-order valence-electron chi connectivity index (χ1n) is 15.5. The van der Waals surface area contributed by atoms with Crippen LogP contribution in [0.1, 0.15) is 45.9 Å². The van der Waals surface area contributed by atoms with Crippen LogP contribution in [0.2, 0.25) is 5.04 Å². The summed E-state index contributed by atoms with van der Waals surface area (Å²) in [6, 6.07) is 23.2. The number of hydrogen-bond donors (Lipinski definition) is 0. The number of nitriles is 1. The molecule has 0 amide bonds. The lowest BCUT2D eigenvalue weighted by Gasteiger charge is -2.45. The second-order valence-electron chi connectivity index (χ2n) is 13.1. The van der Waals surface area contributed by atoms with Crippen molar-refractivity contribution >= 4 is 24.6 Å². The van der Waals surface area contributed by atoms with Gasteiger partial charge in [-0.2, -0.15) is 20.2 Å². The smallest absolute Gasteiger partial charge is 0.322 e. The standard InChI is InChI=1S/C33H41FN6O3Si/c1-32(2,3)44(27-11-6-4-7-12-27,28-13-8-5-9-14-28)43-26-22-39(17-18-41-23-26)30-36-29(20-35)37-31(38-30)42-24-33-15-10-16-40(33)21-25(34)19-33/h4-9,11-14,25-26H,10,15-19,21-24H2,1-3H3/t25-,26-,33+/m1/s1. The SMILES string of the molecule is CC(C)(C)[Si](O[C@H]1COCCN(c2nc(C#N)nc(OC[C@@]34CCCN3C[C@H](F)C4)n2)C1)(c1ccccc1)c1ccccc1. The van der Waals surface area contributed by atoms with Gasteiger partial charge in [-0.15, -0.1) is 0 Å². The average molecular weight is 617 g/mol. The number of halogens is 1. The van der Waals surface area contributed by atoms with Gasteiger partial charge in [0.1, 0.15) is 18.8 Å². The fourth-order valence-corrected chi connectivity index (χ4v) is 11.9. The normalized spacial score (nSPS) is 24.5. The molecule has 4 heterocycles. The molecule has 0 aliphatic carbocycles. The molecule has 2 aromatic carbocycles. The molecule has 0 bridgehead atoms. The summed E-state index contributed by atoms with van der Waals surface area (Å²) in [6.07, 6.45) is 1.19. The summed E-state index contributed by atoms with van der Waals surface area (Å²) < 4.78 is 33.9. The third-order valence-corrected chi connectivity index (χ3v) is 14.3. The molecule has 3 aliphatic rings. The zero-order valence-electron chi connectivity index (χ0n) is 25.8. The minimum atomic E-state index is -2.84. The van der Waals surface area contributed by atoms with Crippen molar-refractivity contribution in [1.82, 2.24) is 19.9 Å². The van der Waals surface area contributed by atoms with Crippen molar-refractivity contribution in [2.45, 2.75) is 62.9 Å². The highest BCUT2D eigenvalue weighted by Gasteiger charge is 2.52. The molecule has 44 heavy (non-hydrogen) atoms. The van der Waals surface area contributed by atoms with Crippen LogP contribution in [-0.4, -0.2) is 92.0 Å². The second-order valence-corrected chi connectivity index (χ2v) is 17.4. The van der Waals surface area contributed by atoms with E-state index in [4.69, 9.17) is 13.9 Å². The lowest BCUT2D eigenvalue weighted by atomic mass is 9.95. The molecule has 0 N–H and O–H groups in total. The third-order valence-electron chi connectivity index (χ3n) is 9.21. The van der Waals surface area contributed by atoms with Crippen LogP contribution in [-0.2, 0) is 9.16 Å². The van der Waals surface area contributed by atoms with Gasteiger partial charge in [-0.05, 0) is 34.8 Å². The zero-order chi connectivity index (χ0) is 30.8. The molecule has 9 nitrogen and oxygen atoms in total. The van der Waals surface area contributed by atoms with Crippen LogP contribution in [0.5, 0.6) is 6.01 Å². The van der Waals surface area contributed by atoms with Gasteiger partial charge in [-0.3, -0.25) is 4.90 Å². The van der Waals surface area contributed by atoms with Crippen LogP contribution in [0.25, 0.3) is 0 Å². The topological polar surface area (TPSA) is 96.6 Å². The highest BCUT2D eigenvalue weighted by molar-refractivity contribution is 6.99. The fraction of sp³-hybridized carbons (Fsp3) is 0.515. The molecule has 3 aromatic rings. The number of anilines is 1. The Morgan fingerprint density at radius 2 is 1.73 bits per heavy atom. The summed E-state index contributed by atoms with van der Waals surface area (Å²) in [5.74, 6) is 0.332. The Hall–Kier alpha value is -3.43. The Morgan fingerprint density at radius 1 is 1.02 bits per heavy atom. The fourth-order valence-electron chi connectivity index (χ4n) is 7.22. The van der Waals surface area contributed by atoms with E-state index in [2.05, 4.69) is 95.2 Å². The molecule has 3 atom stereocenters. The summed E-state index contributed by atoms with van der Waals surface area (Å²) in [4.78, 5) is 17.5. The van der Waals surface area contributed by atoms with E-state index in [9.17, 15) is 9.65 Å². The van der Waals surface area contributed by atoms with Crippen molar-refractivity contribution in [3.63, 3.8) is 0 Å². The molecule has 0 radical (unpaired) electrons. The van der Waals surface area contributed by atoms with Crippen LogP contribution in [0.3, 0.4) is 0 Å². The minimum Gasteiger partial charge on any atom is -0.461 e. The summed E-state index contributed by atoms with van der Waals surface area (Å²) in [6.45, 7) is 10.2. The number of rotatable bonds is 8. The number of nitrogens with zero attached hydrogens (tertiary/aromatic N) is 6. The number of benzene rings is 2. The Kier molecular flexibility index (Phi) is 8.70. The molecule has 0 saturated carbocycles. The monoisotopic (exact) mass is 616 g/mol. The van der Waals surface area contributed by atoms with E-state index in [-0.39, 0.29) is 35.1 Å². The van der Waals surface area contributed by atoms with Crippen LogP contribution >= 0.6 is 0 Å². The van der Waals surface area contributed by atoms with Crippen LogP contribution in [0, 0.1) is 11.3 Å². The molecule has 3 saturated heterocycles. The highest BCUT2D eigenvalue weighted by Crippen LogP contribution is 2.40. The van der Waals surface area contributed by atoms with Crippen molar-refractivity contribution in [1.29, 1.82) is 5.26 Å². The van der Waals surface area contributed by atoms with E-state index < -0.39 is 14.5 Å². The summed E-state index contributed by atoms with van der Waals surface area (Å²) >= 11 is 0. The number of hydrogen-bond acceptors (Lipinski definition) is 9. The van der Waals surface area contributed by atoms with E-state index in [1.165, 1.54) is 10.4 Å². The lowest BCUT2D eigenvalue weighted by molar-refractivity contribution is 0.0678. The van der Waals surface area contributed by atoms with E-state index in [1.807, 2.05) is 17.0 Å². The van der Waals surface area contributed by atoms with Crippen molar-refractivity contribution < 1.29 is 18.3 Å². The van der Waals surface area contributed by atoms with Crippen LogP contribution in [0.4, 0.5) is 10.3 Å². The molecule has 3 fully saturated rings. The minimum absolute atomic E-state index is 0.0183. The number of aromatic nitrogens is 3. The predicted octanol–water partition coefficient (Wildman–Crippen LogP) is 3.48. The highest BCUT2D eigenvalue weighted by atomic mass is 28.4. The number of alkyl halides is 1. The van der Waals surface area contributed by atoms with Gasteiger partial charge in [0.15, 0.2) is 0 Å². The quantitative estimate of drug-likeness (QED) is 0.353. The molecule has 11 heteroatoms. The van der Waals surface area contributed by atoms with Gasteiger partial charge in [0.25, 0.3) is 8.32 Å². The average Bonchev–Trinajstić information content (AvgIpc) is 3.44. The van der Waals surface area contributed by atoms with E-state index >= 15 is 0 Å². The Morgan fingerprint density at radius 3 is 2.39 bits per heavy atom. The number of fused-ring (bicyclic) bond motifs is 1. The molecule has 0 unspecified atom stereocenters. The second kappa shape index (κ2) is 12.5.